The zero-order chi connectivity index (χ0) is 9.03. The van der Waals surface area contributed by atoms with E-state index in [0.717, 1.165) is 12.8 Å². The van der Waals surface area contributed by atoms with Crippen LogP contribution in [0.3, 0.4) is 0 Å². The first-order valence-corrected chi connectivity index (χ1v) is 5.88. The predicted octanol–water partition coefficient (Wildman–Crippen LogP) is 0.105. The Morgan fingerprint density at radius 3 is 2.83 bits per heavy atom. The molecule has 12 heavy (non-hydrogen) atoms. The molecule has 0 aromatic rings. The van der Waals surface area contributed by atoms with E-state index < -0.39 is 9.84 Å². The molecule has 1 aliphatic heterocycles. The quantitative estimate of drug-likeness (QED) is 0.508. The molecule has 4 nitrogen and oxygen atoms in total. The van der Waals surface area contributed by atoms with Crippen LogP contribution in [0, 0.1) is 0 Å². The lowest BCUT2D eigenvalue weighted by Crippen LogP contribution is -2.20. The molecule has 0 aliphatic carbocycles. The molecule has 1 unspecified atom stereocenters. The molecule has 0 aromatic heterocycles. The maximum Gasteiger partial charge on any atom is 0.153 e. The molecule has 0 bridgehead atoms. The summed E-state index contributed by atoms with van der Waals surface area (Å²) in [5.74, 6) is 0.358. The Labute approximate surface area is 73.2 Å². The van der Waals surface area contributed by atoms with E-state index in [9.17, 15) is 8.42 Å². The van der Waals surface area contributed by atoms with Gasteiger partial charge in [-0.15, -0.1) is 0 Å². The van der Waals surface area contributed by atoms with Gasteiger partial charge in [0.25, 0.3) is 0 Å². The second-order valence-corrected chi connectivity index (χ2v) is 5.37. The topological polar surface area (TPSA) is 55.4 Å². The fourth-order valence-electron chi connectivity index (χ4n) is 1.47. The highest BCUT2D eigenvalue weighted by Crippen LogP contribution is 2.22. The Morgan fingerprint density at radius 1 is 1.58 bits per heavy atom. The minimum absolute atomic E-state index is 0.161. The van der Waals surface area contributed by atoms with Crippen LogP contribution in [0.2, 0.25) is 0 Å². The first-order chi connectivity index (χ1) is 5.67. The van der Waals surface area contributed by atoms with Crippen molar-refractivity contribution < 1.29 is 13.3 Å². The summed E-state index contributed by atoms with van der Waals surface area (Å²) in [5, 5.41) is -0.161. The minimum Gasteiger partial charge on any atom is -0.302 e. The third-order valence-corrected chi connectivity index (χ3v) is 4.49. The van der Waals surface area contributed by atoms with Gasteiger partial charge in [-0.2, -0.15) is 0 Å². The molecular formula is C7H15NO3S. The molecule has 1 fully saturated rings. The van der Waals surface area contributed by atoms with E-state index in [0.29, 0.717) is 18.8 Å². The number of hydroxylamine groups is 1. The summed E-state index contributed by atoms with van der Waals surface area (Å²) in [4.78, 5) is 4.87. The van der Waals surface area contributed by atoms with Gasteiger partial charge in [0.1, 0.15) is 0 Å². The molecule has 1 rings (SSSR count). The van der Waals surface area contributed by atoms with E-state index in [1.165, 1.54) is 0 Å². The second kappa shape index (κ2) is 4.20. The Hall–Kier alpha value is -0.130. The monoisotopic (exact) mass is 193 g/mol. The summed E-state index contributed by atoms with van der Waals surface area (Å²) < 4.78 is 22.6. The molecule has 0 radical (unpaired) electrons. The number of hydrogen-bond acceptors (Lipinski definition) is 4. The maximum atomic E-state index is 11.3. The van der Waals surface area contributed by atoms with Gasteiger partial charge < -0.3 is 4.84 Å². The highest BCUT2D eigenvalue weighted by atomic mass is 32.2. The summed E-state index contributed by atoms with van der Waals surface area (Å²) in [6, 6.07) is 0. The fourth-order valence-corrected chi connectivity index (χ4v) is 3.36. The van der Waals surface area contributed by atoms with Gasteiger partial charge in [-0.1, -0.05) is 0 Å². The molecule has 1 N–H and O–H groups in total. The third kappa shape index (κ3) is 2.43. The Kier molecular flexibility index (Phi) is 3.49. The molecule has 0 saturated carbocycles. The number of rotatable bonds is 4. The van der Waals surface area contributed by atoms with E-state index in [1.807, 2.05) is 0 Å². The lowest BCUT2D eigenvalue weighted by atomic mass is 10.2. The van der Waals surface area contributed by atoms with Crippen molar-refractivity contribution in [3.63, 3.8) is 0 Å². The van der Waals surface area contributed by atoms with Crippen LogP contribution in [0.15, 0.2) is 0 Å². The van der Waals surface area contributed by atoms with Gasteiger partial charge in [-0.05, 0) is 19.3 Å². The lowest BCUT2D eigenvalue weighted by Gasteiger charge is -2.07. The predicted molar refractivity (Wildman–Crippen MR) is 46.4 cm³/mol. The summed E-state index contributed by atoms with van der Waals surface area (Å²) in [7, 11) is -1.11. The fraction of sp³-hybridized carbons (Fsp3) is 1.00. The minimum atomic E-state index is -2.78. The number of sulfone groups is 1. The van der Waals surface area contributed by atoms with Crippen LogP contribution >= 0.6 is 0 Å². The normalized spacial score (nSPS) is 27.6. The van der Waals surface area contributed by atoms with E-state index in [2.05, 4.69) is 5.48 Å². The Bertz CT molecular complexity index is 225. The first kappa shape index (κ1) is 9.95. The standard InChI is InChI=1S/C7H15NO3S/c1-8-11-5-4-7-3-2-6-12(7,9)10/h7-8H,2-6H2,1H3. The molecule has 0 amide bonds. The van der Waals surface area contributed by atoms with Crippen LogP contribution in [0.1, 0.15) is 19.3 Å². The lowest BCUT2D eigenvalue weighted by molar-refractivity contribution is 0.0557. The van der Waals surface area contributed by atoms with Crippen molar-refractivity contribution in [1.29, 1.82) is 0 Å². The van der Waals surface area contributed by atoms with Crippen molar-refractivity contribution in [3.8, 4) is 0 Å². The average molecular weight is 193 g/mol. The number of hydrogen-bond donors (Lipinski definition) is 1. The largest absolute Gasteiger partial charge is 0.302 e. The van der Waals surface area contributed by atoms with Crippen molar-refractivity contribution >= 4 is 9.84 Å². The van der Waals surface area contributed by atoms with E-state index >= 15 is 0 Å². The summed E-state index contributed by atoms with van der Waals surface area (Å²) in [5.41, 5.74) is 2.52. The van der Waals surface area contributed by atoms with Crippen LogP contribution < -0.4 is 5.48 Å². The smallest absolute Gasteiger partial charge is 0.153 e. The second-order valence-electron chi connectivity index (χ2n) is 2.97. The Balaban J connectivity index is 2.32. The van der Waals surface area contributed by atoms with Crippen LogP contribution in [-0.4, -0.2) is 33.1 Å². The summed E-state index contributed by atoms with van der Waals surface area (Å²) in [6.45, 7) is 0.473. The van der Waals surface area contributed by atoms with Crippen LogP contribution in [0.5, 0.6) is 0 Å². The zero-order valence-electron chi connectivity index (χ0n) is 7.25. The number of nitrogens with one attached hydrogen (secondary N) is 1. The van der Waals surface area contributed by atoms with Gasteiger partial charge in [0, 0.05) is 7.05 Å². The molecule has 1 aliphatic rings. The first-order valence-electron chi connectivity index (χ1n) is 4.17. The van der Waals surface area contributed by atoms with Crippen LogP contribution in [0.4, 0.5) is 0 Å². The van der Waals surface area contributed by atoms with Gasteiger partial charge in [0.05, 0.1) is 17.6 Å². The van der Waals surface area contributed by atoms with Crippen LogP contribution in [0.25, 0.3) is 0 Å². The summed E-state index contributed by atoms with van der Waals surface area (Å²) >= 11 is 0. The van der Waals surface area contributed by atoms with Crippen molar-refractivity contribution in [1.82, 2.24) is 5.48 Å². The molecule has 0 aromatic carbocycles. The average Bonchev–Trinajstić information content (AvgIpc) is 2.32. The molecule has 72 valence electrons. The van der Waals surface area contributed by atoms with Crippen molar-refractivity contribution in [2.24, 2.45) is 0 Å². The maximum absolute atomic E-state index is 11.3. The van der Waals surface area contributed by atoms with Gasteiger partial charge in [-0.25, -0.2) is 13.9 Å². The third-order valence-electron chi connectivity index (χ3n) is 2.15. The van der Waals surface area contributed by atoms with Crippen molar-refractivity contribution in [2.45, 2.75) is 24.5 Å². The molecular weight excluding hydrogens is 178 g/mol. The van der Waals surface area contributed by atoms with Crippen molar-refractivity contribution in [3.05, 3.63) is 0 Å². The van der Waals surface area contributed by atoms with E-state index in [1.54, 1.807) is 7.05 Å². The molecule has 1 saturated heterocycles. The summed E-state index contributed by atoms with van der Waals surface area (Å²) in [6.07, 6.45) is 2.23. The highest BCUT2D eigenvalue weighted by Gasteiger charge is 2.30. The van der Waals surface area contributed by atoms with Gasteiger partial charge in [0.15, 0.2) is 9.84 Å². The van der Waals surface area contributed by atoms with Gasteiger partial charge in [0.2, 0.25) is 0 Å². The SMILES string of the molecule is CNOCCC1CCCS1(=O)=O. The Morgan fingerprint density at radius 2 is 2.33 bits per heavy atom. The highest BCUT2D eigenvalue weighted by molar-refractivity contribution is 7.92. The zero-order valence-corrected chi connectivity index (χ0v) is 8.06. The molecule has 1 atom stereocenters. The molecule has 1 heterocycles. The van der Waals surface area contributed by atoms with Crippen molar-refractivity contribution in [2.75, 3.05) is 19.4 Å². The van der Waals surface area contributed by atoms with Crippen LogP contribution in [-0.2, 0) is 14.7 Å². The van der Waals surface area contributed by atoms with Gasteiger partial charge >= 0.3 is 0 Å². The van der Waals surface area contributed by atoms with E-state index in [4.69, 9.17) is 4.84 Å². The molecule has 0 spiro atoms. The van der Waals surface area contributed by atoms with Gasteiger partial charge in [-0.3, -0.25) is 0 Å². The molecule has 5 heteroatoms. The van der Waals surface area contributed by atoms with E-state index in [-0.39, 0.29) is 5.25 Å².